The lowest BCUT2D eigenvalue weighted by atomic mass is 10.1. The molecule has 0 aromatic heterocycles. The maximum Gasteiger partial charge on any atom is 0.248 e. The van der Waals surface area contributed by atoms with Gasteiger partial charge in [0.2, 0.25) is 17.5 Å². The molecule has 1 aliphatic carbocycles. The minimum Gasteiger partial charge on any atom is -0.487 e. The number of allylic oxidation sites excluding steroid dienone is 7. The van der Waals surface area contributed by atoms with Crippen molar-refractivity contribution < 1.29 is 38.1 Å². The van der Waals surface area contributed by atoms with E-state index in [0.717, 1.165) is 43.4 Å². The van der Waals surface area contributed by atoms with Crippen LogP contribution in [0.15, 0.2) is 58.6 Å². The van der Waals surface area contributed by atoms with E-state index in [1.165, 1.54) is 17.2 Å². The van der Waals surface area contributed by atoms with E-state index in [0.29, 0.717) is 39.6 Å². The number of carbonyl (C=O) groups is 3. The van der Waals surface area contributed by atoms with Crippen LogP contribution in [0.25, 0.3) is 0 Å². The predicted octanol–water partition coefficient (Wildman–Crippen LogP) is 4.15. The highest BCUT2D eigenvalue weighted by Gasteiger charge is 2.22. The van der Waals surface area contributed by atoms with E-state index in [4.69, 9.17) is 23.7 Å². The minimum atomic E-state index is -0.499. The first-order valence-corrected chi connectivity index (χ1v) is 13.4. The third kappa shape index (κ3) is 17.4. The van der Waals surface area contributed by atoms with Gasteiger partial charge in [-0.05, 0) is 53.4 Å². The highest BCUT2D eigenvalue weighted by molar-refractivity contribution is 6.20. The Morgan fingerprint density at radius 3 is 1.92 bits per heavy atom. The minimum absolute atomic E-state index is 0.0731. The monoisotopic (exact) mass is 547 g/mol. The molecule has 0 saturated heterocycles. The zero-order valence-electron chi connectivity index (χ0n) is 24.1. The number of ether oxygens (including phenoxy) is 5. The summed E-state index contributed by atoms with van der Waals surface area (Å²) in [5, 5.41) is 2.50. The standard InChI is InChI=1S/C30H45NO8/c1-23(2)8-6-9-24(3)10-7-11-25(4)20-30(34)31-26-21-28(33)29(22-27(26)32)39-19-18-38-17-16-37-15-14-36-13-12-35-5/h8,10,20-22H,6-7,9,11-19H2,1-5H3,(H,31,34). The van der Waals surface area contributed by atoms with Gasteiger partial charge < -0.3 is 29.0 Å². The topological polar surface area (TPSA) is 109 Å². The molecule has 1 aliphatic rings. The molecule has 0 spiro atoms. The van der Waals surface area contributed by atoms with Gasteiger partial charge in [0.15, 0.2) is 5.76 Å². The lowest BCUT2D eigenvalue weighted by Crippen LogP contribution is -2.29. The highest BCUT2D eigenvalue weighted by atomic mass is 16.6. The van der Waals surface area contributed by atoms with Crippen LogP contribution in [0.1, 0.15) is 53.4 Å². The Bertz CT molecular complexity index is 939. The Morgan fingerprint density at radius 2 is 1.31 bits per heavy atom. The molecule has 0 heterocycles. The lowest BCUT2D eigenvalue weighted by Gasteiger charge is -2.14. The van der Waals surface area contributed by atoms with Crippen molar-refractivity contribution >= 4 is 17.5 Å². The van der Waals surface area contributed by atoms with Crippen LogP contribution < -0.4 is 5.32 Å². The predicted molar refractivity (Wildman–Crippen MR) is 150 cm³/mol. The molecular weight excluding hydrogens is 502 g/mol. The maximum absolute atomic E-state index is 12.4. The molecule has 0 saturated carbocycles. The second-order valence-electron chi connectivity index (χ2n) is 9.36. The molecule has 0 radical (unpaired) electrons. The molecule has 9 heteroatoms. The van der Waals surface area contributed by atoms with Gasteiger partial charge in [-0.2, -0.15) is 0 Å². The van der Waals surface area contributed by atoms with Crippen LogP contribution in [-0.4, -0.2) is 77.4 Å². The van der Waals surface area contributed by atoms with E-state index >= 15 is 0 Å². The maximum atomic E-state index is 12.4. The summed E-state index contributed by atoms with van der Waals surface area (Å²) >= 11 is 0. The van der Waals surface area contributed by atoms with Gasteiger partial charge in [-0.3, -0.25) is 14.4 Å². The Morgan fingerprint density at radius 1 is 0.744 bits per heavy atom. The molecule has 0 fully saturated rings. The third-order valence-electron chi connectivity index (χ3n) is 5.47. The third-order valence-corrected chi connectivity index (χ3v) is 5.47. The fraction of sp³-hybridized carbons (Fsp3) is 0.567. The summed E-state index contributed by atoms with van der Waals surface area (Å²) in [6, 6.07) is 0. The Labute approximate surface area is 232 Å². The number of rotatable bonds is 21. The summed E-state index contributed by atoms with van der Waals surface area (Å²) in [5.74, 6) is -1.51. The molecule has 0 bridgehead atoms. The van der Waals surface area contributed by atoms with E-state index in [-0.39, 0.29) is 24.7 Å². The van der Waals surface area contributed by atoms with Crippen molar-refractivity contribution in [3.05, 3.63) is 58.6 Å². The molecule has 0 unspecified atom stereocenters. The lowest BCUT2D eigenvalue weighted by molar-refractivity contribution is -0.120. The van der Waals surface area contributed by atoms with Gasteiger partial charge in [0.25, 0.3) is 0 Å². The van der Waals surface area contributed by atoms with Gasteiger partial charge in [-0.1, -0.05) is 28.9 Å². The zero-order valence-corrected chi connectivity index (χ0v) is 24.1. The van der Waals surface area contributed by atoms with Crippen molar-refractivity contribution in [2.45, 2.75) is 53.4 Å². The molecule has 0 aromatic rings. The Hall–Kier alpha value is -2.85. The van der Waals surface area contributed by atoms with Crippen molar-refractivity contribution in [3.8, 4) is 0 Å². The van der Waals surface area contributed by atoms with Crippen LogP contribution in [0, 0.1) is 0 Å². The normalized spacial score (nSPS) is 14.2. The first-order valence-electron chi connectivity index (χ1n) is 13.4. The zero-order chi connectivity index (χ0) is 28.9. The molecule has 1 N–H and O–H groups in total. The summed E-state index contributed by atoms with van der Waals surface area (Å²) in [5.41, 5.74) is 3.45. The Balaban J connectivity index is 2.29. The SMILES string of the molecule is COCCOCCOCCOCCOC1=CC(=O)C(NC(=O)C=C(C)CCC=C(C)CCC=C(C)C)=CC1=O. The molecule has 0 aromatic carbocycles. The van der Waals surface area contributed by atoms with Crippen LogP contribution in [0.3, 0.4) is 0 Å². The second kappa shape index (κ2) is 21.0. The number of carbonyl (C=O) groups excluding carboxylic acids is 3. The number of hydrogen-bond donors (Lipinski definition) is 1. The molecule has 1 rings (SSSR count). The average molecular weight is 548 g/mol. The molecule has 39 heavy (non-hydrogen) atoms. The summed E-state index contributed by atoms with van der Waals surface area (Å²) in [7, 11) is 1.62. The molecule has 0 aliphatic heterocycles. The van der Waals surface area contributed by atoms with Crippen LogP contribution in [-0.2, 0) is 38.1 Å². The summed E-state index contributed by atoms with van der Waals surface area (Å²) in [4.78, 5) is 37.1. The molecular formula is C30H45NO8. The quantitative estimate of drug-likeness (QED) is 0.0988. The second-order valence-corrected chi connectivity index (χ2v) is 9.36. The van der Waals surface area contributed by atoms with E-state index in [1.807, 2.05) is 6.92 Å². The van der Waals surface area contributed by atoms with Gasteiger partial charge >= 0.3 is 0 Å². The van der Waals surface area contributed by atoms with E-state index in [9.17, 15) is 14.4 Å². The van der Waals surface area contributed by atoms with Gasteiger partial charge in [-0.15, -0.1) is 0 Å². The first-order chi connectivity index (χ1) is 18.7. The van der Waals surface area contributed by atoms with E-state index in [2.05, 4.69) is 38.2 Å². The molecule has 1 amide bonds. The van der Waals surface area contributed by atoms with Crippen LogP contribution in [0.5, 0.6) is 0 Å². The van der Waals surface area contributed by atoms with Crippen LogP contribution in [0.4, 0.5) is 0 Å². The number of nitrogens with one attached hydrogen (secondary N) is 1. The largest absolute Gasteiger partial charge is 0.487 e. The van der Waals surface area contributed by atoms with Crippen molar-refractivity contribution in [2.75, 3.05) is 60.0 Å². The fourth-order valence-electron chi connectivity index (χ4n) is 3.35. The van der Waals surface area contributed by atoms with Crippen molar-refractivity contribution in [1.29, 1.82) is 0 Å². The fourth-order valence-corrected chi connectivity index (χ4v) is 3.35. The van der Waals surface area contributed by atoms with Crippen LogP contribution >= 0.6 is 0 Å². The molecule has 0 atom stereocenters. The smallest absolute Gasteiger partial charge is 0.248 e. The van der Waals surface area contributed by atoms with Crippen molar-refractivity contribution in [1.82, 2.24) is 5.32 Å². The van der Waals surface area contributed by atoms with E-state index < -0.39 is 17.5 Å². The average Bonchev–Trinajstić information content (AvgIpc) is 2.87. The van der Waals surface area contributed by atoms with Crippen LogP contribution in [0.2, 0.25) is 0 Å². The molecule has 9 nitrogen and oxygen atoms in total. The first kappa shape index (κ1) is 34.2. The van der Waals surface area contributed by atoms with Gasteiger partial charge in [-0.25, -0.2) is 0 Å². The van der Waals surface area contributed by atoms with Gasteiger partial charge in [0.1, 0.15) is 6.61 Å². The highest BCUT2D eigenvalue weighted by Crippen LogP contribution is 2.13. The number of amides is 1. The summed E-state index contributed by atoms with van der Waals surface area (Å²) in [6.45, 7) is 11.3. The number of hydrogen-bond acceptors (Lipinski definition) is 8. The van der Waals surface area contributed by atoms with E-state index in [1.54, 1.807) is 7.11 Å². The summed E-state index contributed by atoms with van der Waals surface area (Å²) in [6.07, 6.45) is 11.7. The van der Waals surface area contributed by atoms with Gasteiger partial charge in [0.05, 0.1) is 51.9 Å². The molecule has 218 valence electrons. The Kier molecular flexibility index (Phi) is 18.4. The van der Waals surface area contributed by atoms with Crippen molar-refractivity contribution in [2.24, 2.45) is 0 Å². The number of ketones is 2. The van der Waals surface area contributed by atoms with Crippen molar-refractivity contribution in [3.63, 3.8) is 0 Å². The van der Waals surface area contributed by atoms with Gasteiger partial charge in [0, 0.05) is 25.3 Å². The summed E-state index contributed by atoms with van der Waals surface area (Å²) < 4.78 is 26.3. The number of methoxy groups -OCH3 is 1.